The van der Waals surface area contributed by atoms with Gasteiger partial charge in [0.15, 0.2) is 5.84 Å². The molecule has 0 spiro atoms. The number of nitrogens with zero attached hydrogens (tertiary/aromatic N) is 2. The number of nitrogens with two attached hydrogens (primary N) is 1. The van der Waals surface area contributed by atoms with Crippen LogP contribution < -0.4 is 5.73 Å². The number of hydrogen-bond donors (Lipinski definition) is 3. The van der Waals surface area contributed by atoms with Crippen LogP contribution in [0.2, 0.25) is 0 Å². The summed E-state index contributed by atoms with van der Waals surface area (Å²) in [6, 6.07) is 0. The highest BCUT2D eigenvalue weighted by Crippen LogP contribution is 2.31. The summed E-state index contributed by atoms with van der Waals surface area (Å²) in [6.07, 6.45) is 3.85. The minimum Gasteiger partial charge on any atom is -0.409 e. The zero-order valence-electron chi connectivity index (χ0n) is 12.0. The predicted molar refractivity (Wildman–Crippen MR) is 72.9 cm³/mol. The van der Waals surface area contributed by atoms with Crippen LogP contribution in [0.15, 0.2) is 5.16 Å². The van der Waals surface area contributed by atoms with Crippen LogP contribution in [0.4, 0.5) is 0 Å². The average Bonchev–Trinajstić information content (AvgIpc) is 2.82. The van der Waals surface area contributed by atoms with Crippen LogP contribution >= 0.6 is 0 Å². The number of carbonyl (C=O) groups is 1. The Kier molecular flexibility index (Phi) is 4.79. The summed E-state index contributed by atoms with van der Waals surface area (Å²) in [5, 5.41) is 22.1. The number of amides is 1. The van der Waals surface area contributed by atoms with Crippen LogP contribution in [-0.4, -0.2) is 46.1 Å². The Morgan fingerprint density at radius 1 is 1.47 bits per heavy atom. The van der Waals surface area contributed by atoms with Gasteiger partial charge in [0.05, 0.1) is 5.60 Å². The standard InChI is InChI=1S/C13H25N3O3/c1-4-12(2,10(14)15-19)11(17)16(3)9-13(18)7-5-6-8-13/h18-19H,4-9H2,1-3H3,(H2,14,15). The molecule has 0 aromatic carbocycles. The van der Waals surface area contributed by atoms with E-state index in [0.29, 0.717) is 13.0 Å². The molecular weight excluding hydrogens is 246 g/mol. The van der Waals surface area contributed by atoms with Gasteiger partial charge in [0.1, 0.15) is 5.41 Å². The lowest BCUT2D eigenvalue weighted by Crippen LogP contribution is -2.51. The van der Waals surface area contributed by atoms with Crippen molar-refractivity contribution in [2.45, 2.75) is 51.6 Å². The number of hydrogen-bond acceptors (Lipinski definition) is 4. The third-order valence-electron chi connectivity index (χ3n) is 4.26. The molecule has 1 aliphatic carbocycles. The van der Waals surface area contributed by atoms with E-state index in [1.165, 1.54) is 4.90 Å². The first-order valence-corrected chi connectivity index (χ1v) is 6.75. The maximum atomic E-state index is 12.5. The molecule has 1 aliphatic rings. The first-order valence-electron chi connectivity index (χ1n) is 6.75. The molecule has 19 heavy (non-hydrogen) atoms. The molecule has 0 aromatic heterocycles. The second-order valence-corrected chi connectivity index (χ2v) is 5.76. The van der Waals surface area contributed by atoms with Crippen molar-refractivity contribution in [3.8, 4) is 0 Å². The van der Waals surface area contributed by atoms with E-state index >= 15 is 0 Å². The molecule has 0 aliphatic heterocycles. The van der Waals surface area contributed by atoms with Crippen LogP contribution in [0.5, 0.6) is 0 Å². The van der Waals surface area contributed by atoms with Crippen molar-refractivity contribution in [2.75, 3.05) is 13.6 Å². The normalized spacial score (nSPS) is 22.0. The van der Waals surface area contributed by atoms with Crippen molar-refractivity contribution in [3.63, 3.8) is 0 Å². The van der Waals surface area contributed by atoms with Crippen LogP contribution in [0.3, 0.4) is 0 Å². The average molecular weight is 271 g/mol. The largest absolute Gasteiger partial charge is 0.409 e. The third kappa shape index (κ3) is 3.18. The molecule has 1 fully saturated rings. The molecule has 6 heteroatoms. The van der Waals surface area contributed by atoms with Gasteiger partial charge in [0.25, 0.3) is 0 Å². The fourth-order valence-corrected chi connectivity index (χ4v) is 2.68. The molecule has 1 rings (SSSR count). The van der Waals surface area contributed by atoms with Crippen molar-refractivity contribution >= 4 is 11.7 Å². The molecule has 1 amide bonds. The maximum absolute atomic E-state index is 12.5. The van der Waals surface area contributed by atoms with Crippen molar-refractivity contribution in [1.82, 2.24) is 4.90 Å². The molecule has 0 saturated heterocycles. The fourth-order valence-electron chi connectivity index (χ4n) is 2.68. The lowest BCUT2D eigenvalue weighted by molar-refractivity contribution is -0.139. The predicted octanol–water partition coefficient (Wildman–Crippen LogP) is 0.913. The second kappa shape index (κ2) is 5.77. The highest BCUT2D eigenvalue weighted by Gasteiger charge is 2.41. The first-order chi connectivity index (χ1) is 8.79. The third-order valence-corrected chi connectivity index (χ3v) is 4.26. The van der Waals surface area contributed by atoms with E-state index in [4.69, 9.17) is 10.9 Å². The van der Waals surface area contributed by atoms with E-state index in [1.54, 1.807) is 14.0 Å². The van der Waals surface area contributed by atoms with Gasteiger partial charge in [-0.1, -0.05) is 24.9 Å². The molecule has 6 nitrogen and oxygen atoms in total. The minimum atomic E-state index is -1.03. The van der Waals surface area contributed by atoms with Gasteiger partial charge in [-0.25, -0.2) is 0 Å². The molecular formula is C13H25N3O3. The van der Waals surface area contributed by atoms with Gasteiger partial charge in [-0.3, -0.25) is 4.79 Å². The van der Waals surface area contributed by atoms with Gasteiger partial charge in [-0.05, 0) is 26.2 Å². The van der Waals surface area contributed by atoms with Gasteiger partial charge in [0, 0.05) is 13.6 Å². The highest BCUT2D eigenvalue weighted by atomic mass is 16.4. The number of amidine groups is 1. The molecule has 1 unspecified atom stereocenters. The molecule has 0 aromatic rings. The lowest BCUT2D eigenvalue weighted by Gasteiger charge is -2.34. The van der Waals surface area contributed by atoms with Crippen molar-refractivity contribution in [3.05, 3.63) is 0 Å². The van der Waals surface area contributed by atoms with E-state index in [0.717, 1.165) is 25.7 Å². The number of rotatable bonds is 5. The molecule has 1 atom stereocenters. The van der Waals surface area contributed by atoms with E-state index in [-0.39, 0.29) is 11.7 Å². The van der Waals surface area contributed by atoms with Crippen LogP contribution in [0, 0.1) is 5.41 Å². The zero-order chi connectivity index (χ0) is 14.7. The number of likely N-dealkylation sites (N-methyl/N-ethyl adjacent to an activating group) is 1. The minimum absolute atomic E-state index is 0.0924. The molecule has 0 radical (unpaired) electrons. The monoisotopic (exact) mass is 271 g/mol. The zero-order valence-corrected chi connectivity index (χ0v) is 12.0. The molecule has 1 saturated carbocycles. The van der Waals surface area contributed by atoms with E-state index in [1.807, 2.05) is 6.92 Å². The second-order valence-electron chi connectivity index (χ2n) is 5.76. The van der Waals surface area contributed by atoms with Crippen molar-refractivity contribution in [2.24, 2.45) is 16.3 Å². The van der Waals surface area contributed by atoms with Gasteiger partial charge in [0.2, 0.25) is 5.91 Å². The summed E-state index contributed by atoms with van der Waals surface area (Å²) in [6.45, 7) is 3.76. The quantitative estimate of drug-likeness (QED) is 0.299. The fraction of sp³-hybridized carbons (Fsp3) is 0.846. The smallest absolute Gasteiger partial charge is 0.236 e. The summed E-state index contributed by atoms with van der Waals surface area (Å²) in [4.78, 5) is 14.0. The summed E-state index contributed by atoms with van der Waals surface area (Å²) in [5.41, 5.74) is 3.81. The van der Waals surface area contributed by atoms with Gasteiger partial charge >= 0.3 is 0 Å². The summed E-state index contributed by atoms with van der Waals surface area (Å²) < 4.78 is 0. The van der Waals surface area contributed by atoms with E-state index in [9.17, 15) is 9.90 Å². The van der Waals surface area contributed by atoms with Crippen LogP contribution in [0.1, 0.15) is 46.0 Å². The topological polar surface area (TPSA) is 99.2 Å². The number of carbonyl (C=O) groups excluding carboxylic acids is 1. The molecule has 0 bridgehead atoms. The Morgan fingerprint density at radius 3 is 2.42 bits per heavy atom. The Morgan fingerprint density at radius 2 is 2.00 bits per heavy atom. The Hall–Kier alpha value is -1.30. The first kappa shape index (κ1) is 15.8. The van der Waals surface area contributed by atoms with Crippen LogP contribution in [0.25, 0.3) is 0 Å². The Bertz CT molecular complexity index is 364. The maximum Gasteiger partial charge on any atom is 0.236 e. The van der Waals surface area contributed by atoms with Gasteiger partial charge < -0.3 is 20.9 Å². The van der Waals surface area contributed by atoms with Gasteiger partial charge in [-0.2, -0.15) is 0 Å². The Labute approximate surface area is 114 Å². The number of aliphatic hydroxyl groups is 1. The van der Waals surface area contributed by atoms with E-state index < -0.39 is 11.0 Å². The Balaban J connectivity index is 2.80. The van der Waals surface area contributed by atoms with Crippen LogP contribution in [-0.2, 0) is 4.79 Å². The summed E-state index contributed by atoms with van der Waals surface area (Å²) in [5.74, 6) is -0.323. The van der Waals surface area contributed by atoms with Gasteiger partial charge in [-0.15, -0.1) is 0 Å². The lowest BCUT2D eigenvalue weighted by atomic mass is 9.84. The highest BCUT2D eigenvalue weighted by molar-refractivity contribution is 6.06. The summed E-state index contributed by atoms with van der Waals surface area (Å²) >= 11 is 0. The molecule has 4 N–H and O–H groups in total. The van der Waals surface area contributed by atoms with Crippen molar-refractivity contribution < 1.29 is 15.1 Å². The number of oxime groups is 1. The van der Waals surface area contributed by atoms with E-state index in [2.05, 4.69) is 5.16 Å². The molecule has 0 heterocycles. The summed E-state index contributed by atoms with van der Waals surface area (Å²) in [7, 11) is 1.65. The SMILES string of the molecule is CCC(C)(C(=O)N(C)CC1(O)CCCC1)C(N)=NO. The van der Waals surface area contributed by atoms with Crippen molar-refractivity contribution in [1.29, 1.82) is 0 Å². The molecule has 110 valence electrons.